The van der Waals surface area contributed by atoms with Crippen molar-refractivity contribution in [2.45, 2.75) is 30.7 Å². The zero-order valence-electron chi connectivity index (χ0n) is 22.0. The number of phenols is 3. The molecule has 12 heteroatoms. The number of hydrogen-bond donors (Lipinski definition) is 7. The third-order valence-electron chi connectivity index (χ3n) is 7.32. The Morgan fingerprint density at radius 1 is 0.767 bits per heavy atom. The fourth-order valence-corrected chi connectivity index (χ4v) is 5.11. The van der Waals surface area contributed by atoms with E-state index in [0.29, 0.717) is 16.7 Å². The molecule has 43 heavy (non-hydrogen) atoms. The number of ether oxygens (including phenoxy) is 2. The summed E-state index contributed by atoms with van der Waals surface area (Å²) in [6, 6.07) is 20.0. The molecule has 0 aliphatic carbocycles. The van der Waals surface area contributed by atoms with Crippen molar-refractivity contribution < 1.29 is 54.4 Å². The predicted octanol–water partition coefficient (Wildman–Crippen LogP) is 2.67. The molecule has 4 aromatic carbocycles. The maximum atomic E-state index is 13.2. The minimum atomic E-state index is -1.98. The number of carboxylic acids is 1. The Morgan fingerprint density at radius 3 is 2.26 bits per heavy atom. The molecule has 1 aliphatic rings. The highest BCUT2D eigenvalue weighted by atomic mass is 16.7. The van der Waals surface area contributed by atoms with Crippen LogP contribution in [0.3, 0.4) is 0 Å². The van der Waals surface area contributed by atoms with E-state index in [-0.39, 0.29) is 17.1 Å². The highest BCUT2D eigenvalue weighted by molar-refractivity contribution is 5.93. The number of aliphatic carboxylic acids is 1. The Balaban J connectivity index is 1.45. The molecule has 7 N–H and O–H groups in total. The lowest BCUT2D eigenvalue weighted by Gasteiger charge is -2.38. The molecule has 0 spiro atoms. The van der Waals surface area contributed by atoms with Crippen LogP contribution in [-0.4, -0.2) is 72.4 Å². The second-order valence-electron chi connectivity index (χ2n) is 10.1. The van der Waals surface area contributed by atoms with Crippen molar-refractivity contribution >= 4 is 27.7 Å². The maximum Gasteiger partial charge on any atom is 0.335 e. The molecule has 220 valence electrons. The molecule has 1 saturated heterocycles. The van der Waals surface area contributed by atoms with Crippen LogP contribution in [0.15, 0.2) is 82.0 Å². The molecule has 1 fully saturated rings. The standard InChI is InChI=1S/C31H24O12/c32-16-7-8-17(18(10-16)15-6-5-13-3-1-2-4-14(13)9-15)20-11-19(33)23-21(41-20)12-22(24(34)25(23)35)42-31-28(38)26(36)27(37)29(43-31)30(39)40/h1-12,26-29,31-32,34-38H,(H,39,40). The molecule has 1 aromatic heterocycles. The average Bonchev–Trinajstić information content (AvgIpc) is 2.99. The molecular weight excluding hydrogens is 564 g/mol. The summed E-state index contributed by atoms with van der Waals surface area (Å²) in [5, 5.41) is 72.7. The van der Waals surface area contributed by atoms with Crippen molar-refractivity contribution in [3.05, 3.63) is 83.0 Å². The monoisotopic (exact) mass is 588 g/mol. The molecule has 5 unspecified atom stereocenters. The van der Waals surface area contributed by atoms with Gasteiger partial charge in [-0.1, -0.05) is 36.4 Å². The molecule has 0 bridgehead atoms. The Bertz CT molecular complexity index is 1950. The van der Waals surface area contributed by atoms with Crippen LogP contribution in [0, 0.1) is 0 Å². The summed E-state index contributed by atoms with van der Waals surface area (Å²) in [6.45, 7) is 0. The van der Waals surface area contributed by atoms with Crippen LogP contribution in [0.4, 0.5) is 0 Å². The number of fused-ring (bicyclic) bond motifs is 2. The lowest BCUT2D eigenvalue weighted by Crippen LogP contribution is -2.61. The van der Waals surface area contributed by atoms with Gasteiger partial charge in [0.05, 0.1) is 0 Å². The molecule has 12 nitrogen and oxygen atoms in total. The average molecular weight is 589 g/mol. The van der Waals surface area contributed by atoms with Gasteiger partial charge in [0, 0.05) is 17.7 Å². The van der Waals surface area contributed by atoms with Crippen LogP contribution in [0.1, 0.15) is 0 Å². The lowest BCUT2D eigenvalue weighted by molar-refractivity contribution is -0.271. The van der Waals surface area contributed by atoms with Gasteiger partial charge < -0.3 is 49.6 Å². The van der Waals surface area contributed by atoms with E-state index in [4.69, 9.17) is 13.9 Å². The number of carbonyl (C=O) groups is 1. The van der Waals surface area contributed by atoms with Gasteiger partial charge in [-0.05, 0) is 46.2 Å². The summed E-state index contributed by atoms with van der Waals surface area (Å²) in [5.41, 5.74) is 0.660. The van der Waals surface area contributed by atoms with Gasteiger partial charge in [-0.25, -0.2) is 4.79 Å². The van der Waals surface area contributed by atoms with E-state index in [1.54, 1.807) is 6.07 Å². The quantitative estimate of drug-likeness (QED) is 0.148. The second kappa shape index (κ2) is 10.6. The van der Waals surface area contributed by atoms with Crippen LogP contribution in [-0.2, 0) is 9.53 Å². The van der Waals surface area contributed by atoms with Gasteiger partial charge in [0.1, 0.15) is 40.8 Å². The number of aliphatic hydroxyl groups excluding tert-OH is 3. The second-order valence-corrected chi connectivity index (χ2v) is 10.1. The van der Waals surface area contributed by atoms with Crippen LogP contribution >= 0.6 is 0 Å². The molecule has 1 aliphatic heterocycles. The molecule has 5 aromatic rings. The zero-order chi connectivity index (χ0) is 30.6. The van der Waals surface area contributed by atoms with Gasteiger partial charge in [-0.2, -0.15) is 0 Å². The van der Waals surface area contributed by atoms with Crippen molar-refractivity contribution in [1.82, 2.24) is 0 Å². The number of phenolic OH excluding ortho intramolecular Hbond substituents is 3. The lowest BCUT2D eigenvalue weighted by atomic mass is 9.95. The van der Waals surface area contributed by atoms with E-state index in [2.05, 4.69) is 0 Å². The van der Waals surface area contributed by atoms with Crippen LogP contribution in [0.5, 0.6) is 23.0 Å². The molecule has 0 radical (unpaired) electrons. The molecule has 0 amide bonds. The first-order valence-corrected chi connectivity index (χ1v) is 13.0. The summed E-state index contributed by atoms with van der Waals surface area (Å²) in [4.78, 5) is 24.6. The molecule has 2 heterocycles. The highest BCUT2D eigenvalue weighted by Crippen LogP contribution is 2.43. The molecule has 5 atom stereocenters. The van der Waals surface area contributed by atoms with E-state index < -0.39 is 64.7 Å². The summed E-state index contributed by atoms with van der Waals surface area (Å²) < 4.78 is 16.5. The van der Waals surface area contributed by atoms with Crippen LogP contribution in [0.2, 0.25) is 0 Å². The van der Waals surface area contributed by atoms with Gasteiger partial charge in [0.2, 0.25) is 12.0 Å². The normalized spacial score (nSPS) is 22.1. The molecular formula is C31H24O12. The summed E-state index contributed by atoms with van der Waals surface area (Å²) in [7, 11) is 0. The zero-order valence-corrected chi connectivity index (χ0v) is 22.0. The summed E-state index contributed by atoms with van der Waals surface area (Å²) >= 11 is 0. The van der Waals surface area contributed by atoms with Gasteiger partial charge in [-0.15, -0.1) is 0 Å². The minimum absolute atomic E-state index is 0.0358. The van der Waals surface area contributed by atoms with Gasteiger partial charge >= 0.3 is 5.97 Å². The fourth-order valence-electron chi connectivity index (χ4n) is 5.11. The maximum absolute atomic E-state index is 13.2. The van der Waals surface area contributed by atoms with Gasteiger partial charge in [-0.3, -0.25) is 4.79 Å². The number of aliphatic hydroxyl groups is 3. The fraction of sp³-hybridized carbons (Fsp3) is 0.161. The highest BCUT2D eigenvalue weighted by Gasteiger charge is 2.48. The van der Waals surface area contributed by atoms with E-state index in [0.717, 1.165) is 22.9 Å². The van der Waals surface area contributed by atoms with Gasteiger partial charge in [0.25, 0.3) is 0 Å². The molecule has 0 saturated carbocycles. The SMILES string of the molecule is O=C(O)C1OC(Oc2cc3oc(-c4ccc(O)cc4-c4ccc5ccccc5c4)cc(=O)c3c(O)c2O)C(O)C(O)C1O. The Morgan fingerprint density at radius 2 is 1.51 bits per heavy atom. The smallest absolute Gasteiger partial charge is 0.335 e. The predicted molar refractivity (Wildman–Crippen MR) is 151 cm³/mol. The van der Waals surface area contributed by atoms with E-state index in [1.165, 1.54) is 12.1 Å². The van der Waals surface area contributed by atoms with Crippen molar-refractivity contribution in [2.24, 2.45) is 0 Å². The Hall–Kier alpha value is -5.14. The Kier molecular flexibility index (Phi) is 6.90. The largest absolute Gasteiger partial charge is 0.508 e. The number of aromatic hydroxyl groups is 3. The minimum Gasteiger partial charge on any atom is -0.508 e. The summed E-state index contributed by atoms with van der Waals surface area (Å²) in [6.07, 6.45) is -9.80. The number of carboxylic acid groups (broad SMARTS) is 1. The van der Waals surface area contributed by atoms with Crippen LogP contribution in [0.25, 0.3) is 44.2 Å². The van der Waals surface area contributed by atoms with E-state index in [9.17, 15) is 45.3 Å². The van der Waals surface area contributed by atoms with Crippen LogP contribution < -0.4 is 10.2 Å². The first kappa shape index (κ1) is 28.0. The third-order valence-corrected chi connectivity index (χ3v) is 7.32. The van der Waals surface area contributed by atoms with Crippen molar-refractivity contribution in [3.63, 3.8) is 0 Å². The first-order chi connectivity index (χ1) is 20.5. The van der Waals surface area contributed by atoms with E-state index in [1.807, 2.05) is 42.5 Å². The third kappa shape index (κ3) is 4.87. The van der Waals surface area contributed by atoms with E-state index >= 15 is 0 Å². The number of hydrogen-bond acceptors (Lipinski definition) is 11. The van der Waals surface area contributed by atoms with Crippen molar-refractivity contribution in [3.8, 4) is 45.4 Å². The number of benzene rings is 4. The topological polar surface area (TPSA) is 207 Å². The van der Waals surface area contributed by atoms with Crippen molar-refractivity contribution in [2.75, 3.05) is 0 Å². The number of rotatable bonds is 5. The Labute approximate surface area is 241 Å². The van der Waals surface area contributed by atoms with Crippen molar-refractivity contribution in [1.29, 1.82) is 0 Å². The summed E-state index contributed by atoms with van der Waals surface area (Å²) in [5.74, 6) is -4.10. The molecule has 6 rings (SSSR count). The van der Waals surface area contributed by atoms with Gasteiger partial charge in [0.15, 0.2) is 23.0 Å². The first-order valence-electron chi connectivity index (χ1n) is 13.0.